The van der Waals surface area contributed by atoms with Crippen LogP contribution in [0.25, 0.3) is 0 Å². The summed E-state index contributed by atoms with van der Waals surface area (Å²) in [6.07, 6.45) is 1.49. The summed E-state index contributed by atoms with van der Waals surface area (Å²) in [7, 11) is 0. The van der Waals surface area contributed by atoms with Gasteiger partial charge in [-0.05, 0) is 0 Å². The Morgan fingerprint density at radius 2 is 2.38 bits per heavy atom. The molecule has 0 saturated heterocycles. The highest BCUT2D eigenvalue weighted by Crippen LogP contribution is 1.99. The van der Waals surface area contributed by atoms with Gasteiger partial charge in [-0.1, -0.05) is 28.9 Å². The van der Waals surface area contributed by atoms with Crippen LogP contribution in [-0.2, 0) is 0 Å². The smallest absolute Gasteiger partial charge is 0.166 e. The maximum Gasteiger partial charge on any atom is 0.166 e. The van der Waals surface area contributed by atoms with E-state index in [-0.39, 0.29) is 0 Å². The fourth-order valence-electron chi connectivity index (χ4n) is 0.290. The van der Waals surface area contributed by atoms with Gasteiger partial charge in [0, 0.05) is 6.08 Å². The molecule has 1 rings (SSSR count). The minimum Gasteiger partial charge on any atom is -0.259 e. The number of nitrogens with zero attached hydrogens (tertiary/aromatic N) is 1. The molecule has 0 radical (unpaired) electrons. The summed E-state index contributed by atoms with van der Waals surface area (Å²) >= 11 is 10.8. The first kappa shape index (κ1) is 5.70. The molecule has 1 aliphatic heterocycles. The first-order valence-corrected chi connectivity index (χ1v) is 2.66. The number of hydrogen-bond acceptors (Lipinski definition) is 2. The van der Waals surface area contributed by atoms with Crippen LogP contribution < -0.4 is 5.43 Å². The number of rotatable bonds is 0. The molecule has 0 spiro atoms. The van der Waals surface area contributed by atoms with E-state index in [1.54, 1.807) is 0 Å². The van der Waals surface area contributed by atoms with Crippen LogP contribution in [0.4, 0.5) is 0 Å². The highest BCUT2D eigenvalue weighted by molar-refractivity contribution is 6.68. The van der Waals surface area contributed by atoms with Crippen molar-refractivity contribution < 1.29 is 0 Å². The van der Waals surface area contributed by atoms with Crippen LogP contribution >= 0.6 is 23.2 Å². The first-order chi connectivity index (χ1) is 3.79. The van der Waals surface area contributed by atoms with Gasteiger partial charge < -0.3 is 0 Å². The van der Waals surface area contributed by atoms with Crippen LogP contribution in [0, 0.1) is 0 Å². The second-order valence-electron chi connectivity index (χ2n) is 1.15. The lowest BCUT2D eigenvalue weighted by Crippen LogP contribution is -2.03. The predicted molar refractivity (Wildman–Crippen MR) is 33.9 cm³/mol. The third kappa shape index (κ3) is 1.27. The van der Waals surface area contributed by atoms with E-state index in [1.807, 2.05) is 0 Å². The van der Waals surface area contributed by atoms with Crippen LogP contribution in [0.15, 0.2) is 22.1 Å². The molecule has 0 bridgehead atoms. The minimum atomic E-state index is 0.356. The lowest BCUT2D eigenvalue weighted by Gasteiger charge is -1.96. The van der Waals surface area contributed by atoms with E-state index in [0.717, 1.165) is 0 Å². The Kier molecular flexibility index (Phi) is 1.59. The molecule has 1 aliphatic rings. The maximum absolute atomic E-state index is 5.38. The Hall–Kier alpha value is -0.430. The molecule has 0 fully saturated rings. The zero-order chi connectivity index (χ0) is 5.98. The fourth-order valence-corrected chi connectivity index (χ4v) is 0.484. The van der Waals surface area contributed by atoms with Gasteiger partial charge in [-0.25, -0.2) is 0 Å². The molecule has 0 amide bonds. The summed E-state index contributed by atoms with van der Waals surface area (Å²) in [5.41, 5.74) is 5.04. The molecule has 2 nitrogen and oxygen atoms in total. The topological polar surface area (TPSA) is 24.4 Å². The molecular formula is C4H2Cl2N2. The lowest BCUT2D eigenvalue weighted by atomic mass is 10.6. The number of nitrogens with one attached hydrogen (secondary N) is 1. The van der Waals surface area contributed by atoms with E-state index in [2.05, 4.69) is 16.3 Å². The van der Waals surface area contributed by atoms with E-state index in [9.17, 15) is 0 Å². The molecular weight excluding hydrogens is 147 g/mol. The normalized spacial score (nSPS) is 16.8. The Morgan fingerprint density at radius 3 is 2.75 bits per heavy atom. The average molecular weight is 149 g/mol. The van der Waals surface area contributed by atoms with E-state index < -0.39 is 0 Å². The summed E-state index contributed by atoms with van der Waals surface area (Å²) in [4.78, 5) is 0. The number of halogens is 2. The van der Waals surface area contributed by atoms with Crippen molar-refractivity contribution in [3.05, 3.63) is 17.0 Å². The van der Waals surface area contributed by atoms with Gasteiger partial charge in [-0.3, -0.25) is 5.43 Å². The van der Waals surface area contributed by atoms with E-state index in [1.165, 1.54) is 6.08 Å². The molecule has 0 aliphatic carbocycles. The van der Waals surface area contributed by atoms with Crippen molar-refractivity contribution in [3.63, 3.8) is 0 Å². The van der Waals surface area contributed by atoms with Crippen LogP contribution in [0.3, 0.4) is 0 Å². The zero-order valence-electron chi connectivity index (χ0n) is 3.78. The summed E-state index contributed by atoms with van der Waals surface area (Å²) < 4.78 is 0. The van der Waals surface area contributed by atoms with Gasteiger partial charge in [0.25, 0.3) is 0 Å². The Morgan fingerprint density at radius 1 is 1.62 bits per heavy atom. The molecule has 0 atom stereocenters. The van der Waals surface area contributed by atoms with Gasteiger partial charge in [0.1, 0.15) is 0 Å². The highest BCUT2D eigenvalue weighted by Gasteiger charge is 1.92. The SMILES string of the molecule is ClC1=C=CC(Cl)=NN1. The molecule has 0 aromatic rings. The summed E-state index contributed by atoms with van der Waals surface area (Å²) in [6.45, 7) is 0. The lowest BCUT2D eigenvalue weighted by molar-refractivity contribution is 0.948. The zero-order valence-corrected chi connectivity index (χ0v) is 5.29. The van der Waals surface area contributed by atoms with Gasteiger partial charge in [0.2, 0.25) is 0 Å². The number of hydrogen-bond donors (Lipinski definition) is 1. The molecule has 0 aromatic heterocycles. The highest BCUT2D eigenvalue weighted by atomic mass is 35.5. The molecule has 1 heterocycles. The molecule has 42 valence electrons. The molecule has 0 saturated carbocycles. The van der Waals surface area contributed by atoms with Crippen LogP contribution in [0.2, 0.25) is 0 Å². The van der Waals surface area contributed by atoms with Gasteiger partial charge in [0.05, 0.1) is 0 Å². The van der Waals surface area contributed by atoms with Crippen LogP contribution in [0.5, 0.6) is 0 Å². The van der Waals surface area contributed by atoms with Crippen molar-refractivity contribution in [1.29, 1.82) is 0 Å². The number of hydrazone groups is 1. The van der Waals surface area contributed by atoms with E-state index in [4.69, 9.17) is 23.2 Å². The Bertz CT molecular complexity index is 188. The molecule has 0 aromatic carbocycles. The van der Waals surface area contributed by atoms with E-state index in [0.29, 0.717) is 10.3 Å². The van der Waals surface area contributed by atoms with Crippen molar-refractivity contribution in [2.24, 2.45) is 5.10 Å². The quantitative estimate of drug-likeness (QED) is 0.408. The largest absolute Gasteiger partial charge is 0.259 e. The summed E-state index contributed by atoms with van der Waals surface area (Å²) in [5.74, 6) is 0. The third-order valence-electron chi connectivity index (χ3n) is 0.579. The average Bonchev–Trinajstić information content (AvgIpc) is 1.77. The molecule has 1 N–H and O–H groups in total. The summed E-state index contributed by atoms with van der Waals surface area (Å²) in [5, 5.41) is 4.27. The van der Waals surface area contributed by atoms with Crippen molar-refractivity contribution in [2.75, 3.05) is 0 Å². The van der Waals surface area contributed by atoms with Gasteiger partial charge in [0.15, 0.2) is 10.3 Å². The van der Waals surface area contributed by atoms with Crippen molar-refractivity contribution in [3.8, 4) is 0 Å². The monoisotopic (exact) mass is 148 g/mol. The molecule has 4 heteroatoms. The van der Waals surface area contributed by atoms with Gasteiger partial charge in [-0.15, -0.1) is 0 Å². The van der Waals surface area contributed by atoms with Crippen molar-refractivity contribution in [1.82, 2.24) is 5.43 Å². The van der Waals surface area contributed by atoms with Gasteiger partial charge >= 0.3 is 0 Å². The first-order valence-electron chi connectivity index (χ1n) is 1.90. The van der Waals surface area contributed by atoms with Crippen LogP contribution in [-0.4, -0.2) is 5.17 Å². The maximum atomic E-state index is 5.38. The predicted octanol–water partition coefficient (Wildman–Crippen LogP) is 1.38. The standard InChI is InChI=1S/C4H2Cl2N2/c5-3-1-2-4(6)8-7-3/h1,8H. The minimum absolute atomic E-state index is 0.356. The Balaban J connectivity index is 2.86. The third-order valence-corrected chi connectivity index (χ3v) is 0.966. The number of allylic oxidation sites excluding steroid dienone is 1. The second-order valence-corrected chi connectivity index (χ2v) is 1.91. The molecule has 8 heavy (non-hydrogen) atoms. The second kappa shape index (κ2) is 2.23. The molecule has 0 unspecified atom stereocenters. The van der Waals surface area contributed by atoms with Gasteiger partial charge in [-0.2, -0.15) is 5.10 Å². The summed E-state index contributed by atoms with van der Waals surface area (Å²) in [6, 6.07) is 0. The fraction of sp³-hybridized carbons (Fsp3) is 0. The van der Waals surface area contributed by atoms with Crippen LogP contribution in [0.1, 0.15) is 0 Å². The van der Waals surface area contributed by atoms with Crippen molar-refractivity contribution >= 4 is 28.4 Å². The van der Waals surface area contributed by atoms with E-state index >= 15 is 0 Å². The Labute approximate surface area is 56.5 Å². The van der Waals surface area contributed by atoms with Crippen molar-refractivity contribution in [2.45, 2.75) is 0 Å².